The topological polar surface area (TPSA) is 40.6 Å². The van der Waals surface area contributed by atoms with Crippen molar-refractivity contribution in [3.63, 3.8) is 0 Å². The lowest BCUT2D eigenvalue weighted by Gasteiger charge is -2.38. The van der Waals surface area contributed by atoms with E-state index < -0.39 is 17.6 Å². The van der Waals surface area contributed by atoms with Gasteiger partial charge in [0.15, 0.2) is 0 Å². The average molecular weight is 340 g/mol. The molecule has 1 saturated heterocycles. The Labute approximate surface area is 138 Å². The lowest BCUT2D eigenvalue weighted by molar-refractivity contribution is -0.140. The van der Waals surface area contributed by atoms with Gasteiger partial charge in [0.2, 0.25) is 5.91 Å². The van der Waals surface area contributed by atoms with Crippen molar-refractivity contribution in [2.75, 3.05) is 26.2 Å². The second-order valence-corrected chi connectivity index (χ2v) is 6.32. The van der Waals surface area contributed by atoms with Gasteiger partial charge in [0.25, 0.3) is 5.91 Å². The van der Waals surface area contributed by atoms with Crippen LogP contribution < -0.4 is 0 Å². The molecule has 1 aliphatic heterocycles. The van der Waals surface area contributed by atoms with E-state index in [4.69, 9.17) is 0 Å². The maximum Gasteiger partial charge on any atom is 0.416 e. The molecule has 1 saturated carbocycles. The van der Waals surface area contributed by atoms with Crippen molar-refractivity contribution >= 4 is 11.8 Å². The molecule has 2 amide bonds. The molecule has 3 rings (SSSR count). The second-order valence-electron chi connectivity index (χ2n) is 6.32. The monoisotopic (exact) mass is 340 g/mol. The minimum atomic E-state index is -4.47. The number of carbonyl (C=O) groups excluding carboxylic acids is 2. The molecule has 1 aromatic carbocycles. The molecule has 0 N–H and O–H groups in total. The average Bonchev–Trinajstić information content (AvgIpc) is 2.52. The molecule has 1 heterocycles. The first kappa shape index (κ1) is 16.8. The molecule has 4 nitrogen and oxygen atoms in total. The van der Waals surface area contributed by atoms with Crippen LogP contribution in [0.2, 0.25) is 0 Å². The first-order valence-electron chi connectivity index (χ1n) is 8.11. The Hall–Kier alpha value is -2.05. The molecule has 0 spiro atoms. The summed E-state index contributed by atoms with van der Waals surface area (Å²) in [7, 11) is 0. The minimum Gasteiger partial charge on any atom is -0.339 e. The van der Waals surface area contributed by atoms with Crippen LogP contribution in [0.25, 0.3) is 0 Å². The van der Waals surface area contributed by atoms with Gasteiger partial charge in [-0.3, -0.25) is 9.59 Å². The Morgan fingerprint density at radius 2 is 1.62 bits per heavy atom. The van der Waals surface area contributed by atoms with Crippen molar-refractivity contribution in [2.24, 2.45) is 5.92 Å². The number of rotatable bonds is 2. The lowest BCUT2D eigenvalue weighted by atomic mass is 9.84. The van der Waals surface area contributed by atoms with Crippen LogP contribution in [0.4, 0.5) is 13.2 Å². The number of hydrogen-bond acceptors (Lipinski definition) is 2. The number of hydrogen-bond donors (Lipinski definition) is 0. The van der Waals surface area contributed by atoms with Crippen LogP contribution in [0.1, 0.15) is 35.2 Å². The van der Waals surface area contributed by atoms with E-state index in [1.54, 1.807) is 4.90 Å². The summed E-state index contributed by atoms with van der Waals surface area (Å²) in [6.45, 7) is 1.60. The maximum atomic E-state index is 12.8. The van der Waals surface area contributed by atoms with Crippen molar-refractivity contribution in [1.29, 1.82) is 0 Å². The molecule has 0 bridgehead atoms. The van der Waals surface area contributed by atoms with Crippen LogP contribution in [0.15, 0.2) is 24.3 Å². The predicted octanol–water partition coefficient (Wildman–Crippen LogP) is 2.79. The summed E-state index contributed by atoms with van der Waals surface area (Å²) >= 11 is 0. The maximum absolute atomic E-state index is 12.8. The molecule has 1 aliphatic carbocycles. The van der Waals surface area contributed by atoms with Gasteiger partial charge in [-0.05, 0) is 31.0 Å². The van der Waals surface area contributed by atoms with Crippen LogP contribution in [0.3, 0.4) is 0 Å². The van der Waals surface area contributed by atoms with Crippen LogP contribution in [0.5, 0.6) is 0 Å². The fraction of sp³-hybridized carbons (Fsp3) is 0.529. The van der Waals surface area contributed by atoms with Gasteiger partial charge in [0, 0.05) is 37.7 Å². The van der Waals surface area contributed by atoms with Gasteiger partial charge >= 0.3 is 6.18 Å². The number of amides is 2. The third-order valence-electron chi connectivity index (χ3n) is 4.77. The summed E-state index contributed by atoms with van der Waals surface area (Å²) in [5.74, 6) is -0.153. The van der Waals surface area contributed by atoms with Gasteiger partial charge in [-0.25, -0.2) is 0 Å². The molecule has 1 aromatic rings. The number of piperazine rings is 1. The summed E-state index contributed by atoms with van der Waals surface area (Å²) in [4.78, 5) is 27.9. The molecule has 0 unspecified atom stereocenters. The van der Waals surface area contributed by atoms with E-state index in [2.05, 4.69) is 0 Å². The molecular weight excluding hydrogens is 321 g/mol. The van der Waals surface area contributed by atoms with Crippen molar-refractivity contribution < 1.29 is 22.8 Å². The quantitative estimate of drug-likeness (QED) is 0.831. The van der Waals surface area contributed by atoms with Crippen LogP contribution in [-0.2, 0) is 11.0 Å². The Morgan fingerprint density at radius 1 is 1.00 bits per heavy atom. The minimum absolute atomic E-state index is 0.0311. The Kier molecular flexibility index (Phi) is 4.51. The van der Waals surface area contributed by atoms with E-state index in [1.807, 2.05) is 0 Å². The molecule has 0 radical (unpaired) electrons. The zero-order valence-corrected chi connectivity index (χ0v) is 13.2. The zero-order chi connectivity index (χ0) is 17.3. The number of carbonyl (C=O) groups is 2. The van der Waals surface area contributed by atoms with Crippen LogP contribution in [-0.4, -0.2) is 47.8 Å². The van der Waals surface area contributed by atoms with Crippen molar-refractivity contribution in [3.8, 4) is 0 Å². The Balaban J connectivity index is 1.62. The molecule has 0 aromatic heterocycles. The van der Waals surface area contributed by atoms with E-state index in [-0.39, 0.29) is 17.4 Å². The van der Waals surface area contributed by atoms with Crippen LogP contribution in [0, 0.1) is 5.92 Å². The first-order valence-corrected chi connectivity index (χ1v) is 8.11. The number of nitrogens with zero attached hydrogens (tertiary/aromatic N) is 2. The molecule has 2 aliphatic rings. The van der Waals surface area contributed by atoms with Gasteiger partial charge in [0.05, 0.1) is 5.56 Å². The molecule has 2 fully saturated rings. The summed E-state index contributed by atoms with van der Waals surface area (Å²) in [6.07, 6.45) is -1.51. The van der Waals surface area contributed by atoms with Gasteiger partial charge in [-0.15, -0.1) is 0 Å². The van der Waals surface area contributed by atoms with Gasteiger partial charge < -0.3 is 9.80 Å². The SMILES string of the molecule is O=C(c1cccc(C(F)(F)F)c1)N1CCN(C(=O)C2CCC2)CC1. The molecule has 7 heteroatoms. The first-order chi connectivity index (χ1) is 11.4. The highest BCUT2D eigenvalue weighted by Crippen LogP contribution is 2.30. The van der Waals surface area contributed by atoms with E-state index in [9.17, 15) is 22.8 Å². The predicted molar refractivity (Wildman–Crippen MR) is 81.3 cm³/mol. The van der Waals surface area contributed by atoms with Crippen molar-refractivity contribution in [3.05, 3.63) is 35.4 Å². The molecule has 130 valence electrons. The fourth-order valence-corrected chi connectivity index (χ4v) is 3.05. The van der Waals surface area contributed by atoms with Gasteiger partial charge in [-0.2, -0.15) is 13.2 Å². The highest BCUT2D eigenvalue weighted by atomic mass is 19.4. The fourth-order valence-electron chi connectivity index (χ4n) is 3.05. The molecule has 0 atom stereocenters. The second kappa shape index (κ2) is 6.45. The standard InChI is InChI=1S/C17H19F3N2O2/c18-17(19,20)14-6-2-5-13(11-14)16(24)22-9-7-21(8-10-22)15(23)12-3-1-4-12/h2,5-6,11-12H,1,3-4,7-10H2. The smallest absolute Gasteiger partial charge is 0.339 e. The summed E-state index contributed by atoms with van der Waals surface area (Å²) in [5, 5.41) is 0. The van der Waals surface area contributed by atoms with E-state index in [0.717, 1.165) is 31.4 Å². The molecule has 24 heavy (non-hydrogen) atoms. The number of benzene rings is 1. The number of alkyl halides is 3. The summed E-state index contributed by atoms with van der Waals surface area (Å²) in [6, 6.07) is 4.47. The van der Waals surface area contributed by atoms with Gasteiger partial charge in [0.1, 0.15) is 0 Å². The summed E-state index contributed by atoms with van der Waals surface area (Å²) < 4.78 is 38.3. The highest BCUT2D eigenvalue weighted by Gasteiger charge is 2.33. The van der Waals surface area contributed by atoms with Crippen LogP contribution >= 0.6 is 0 Å². The zero-order valence-electron chi connectivity index (χ0n) is 13.2. The highest BCUT2D eigenvalue weighted by molar-refractivity contribution is 5.94. The molecular formula is C17H19F3N2O2. The van der Waals surface area contributed by atoms with E-state index in [0.29, 0.717) is 26.2 Å². The largest absolute Gasteiger partial charge is 0.416 e. The lowest BCUT2D eigenvalue weighted by Crippen LogP contribution is -2.52. The van der Waals surface area contributed by atoms with Crippen molar-refractivity contribution in [2.45, 2.75) is 25.4 Å². The van der Waals surface area contributed by atoms with E-state index in [1.165, 1.54) is 17.0 Å². The third kappa shape index (κ3) is 3.39. The Morgan fingerprint density at radius 3 is 2.17 bits per heavy atom. The van der Waals surface area contributed by atoms with Crippen molar-refractivity contribution in [1.82, 2.24) is 9.80 Å². The van der Waals surface area contributed by atoms with E-state index >= 15 is 0 Å². The normalized spacial score (nSPS) is 19.1. The summed E-state index contributed by atoms with van der Waals surface area (Å²) in [5.41, 5.74) is -0.796. The third-order valence-corrected chi connectivity index (χ3v) is 4.77. The Bertz CT molecular complexity index is 633. The number of halogens is 3. The van der Waals surface area contributed by atoms with Gasteiger partial charge in [-0.1, -0.05) is 12.5 Å².